The Morgan fingerprint density at radius 3 is 0.667 bits per heavy atom. The average molecular weight is 408 g/mol. The van der Waals surface area contributed by atoms with Gasteiger partial charge in [-0.25, -0.2) is 16.8 Å². The zero-order valence-electron chi connectivity index (χ0n) is 7.29. The zero-order valence-corrected chi connectivity index (χ0v) is 11.3. The summed E-state index contributed by atoms with van der Waals surface area (Å²) < 4.78 is 118. The van der Waals surface area contributed by atoms with E-state index in [-0.39, 0.29) is 34.1 Å². The maximum Gasteiger partial charge on any atom is 2.00 e. The van der Waals surface area contributed by atoms with Gasteiger partial charge >= 0.3 is 45.2 Å². The van der Waals surface area contributed by atoms with Gasteiger partial charge in [-0.1, -0.05) is 0 Å². The molecule has 0 atom stereocenters. The zero-order chi connectivity index (χ0) is 14.0. The van der Waals surface area contributed by atoms with Gasteiger partial charge in [-0.05, 0) is 0 Å². The topological polar surface area (TPSA) is 114 Å². The summed E-state index contributed by atoms with van der Waals surface area (Å²) in [5.41, 5.74) is -11.3. The Bertz CT molecular complexity index is 378. The predicted molar refractivity (Wildman–Crippen MR) is 31.5 cm³/mol. The first-order chi connectivity index (χ1) is 6.50. The van der Waals surface area contributed by atoms with Crippen molar-refractivity contribution in [1.82, 2.24) is 0 Å². The Hall–Kier alpha value is 0.439. The van der Waals surface area contributed by atoms with Gasteiger partial charge in [0.15, 0.2) is 20.2 Å². The molecule has 0 aromatic heterocycles. The van der Waals surface area contributed by atoms with E-state index in [4.69, 9.17) is 25.9 Å². The summed E-state index contributed by atoms with van der Waals surface area (Å²) >= 11 is 0. The summed E-state index contributed by atoms with van der Waals surface area (Å²) in [4.78, 5) is 0. The molecule has 16 heteroatoms. The molecule has 18 heavy (non-hydrogen) atoms. The molecule has 2 radical (unpaired) electrons. The molecule has 0 aliphatic heterocycles. The molecule has 0 aromatic rings. The summed E-state index contributed by atoms with van der Waals surface area (Å²) in [5.74, 6) is 0. The average Bonchev–Trinajstić information content (AvgIpc) is 1.77. The summed E-state index contributed by atoms with van der Waals surface area (Å²) in [6.07, 6.45) is 0. The predicted octanol–water partition coefficient (Wildman–Crippen LogP) is 0.0978. The van der Waals surface area contributed by atoms with Crippen molar-refractivity contribution in [3.8, 4) is 0 Å². The minimum atomic E-state index is -6.09. The molecule has 0 saturated carbocycles. The van der Waals surface area contributed by atoms with Crippen molar-refractivity contribution in [3.63, 3.8) is 0 Å². The monoisotopic (exact) mass is 408 g/mol. The van der Waals surface area contributed by atoms with Crippen LogP contribution in [0.4, 0.5) is 26.3 Å². The smallest absolute Gasteiger partial charge is 0.741 e. The van der Waals surface area contributed by atoms with Gasteiger partial charge in [0.1, 0.15) is 0 Å². The minimum absolute atomic E-state index is 0. The van der Waals surface area contributed by atoms with E-state index in [1.165, 1.54) is 0 Å². The van der Waals surface area contributed by atoms with Crippen molar-refractivity contribution < 1.29 is 86.4 Å². The van der Waals surface area contributed by atoms with Crippen molar-refractivity contribution >= 4 is 20.2 Å². The van der Waals surface area contributed by atoms with E-state index >= 15 is 0 Å². The third-order valence-corrected chi connectivity index (χ3v) is 1.70. The molecule has 0 N–H and O–H groups in total. The van der Waals surface area contributed by atoms with Crippen LogP contribution in [-0.2, 0) is 54.4 Å². The van der Waals surface area contributed by atoms with E-state index in [1.807, 2.05) is 0 Å². The number of alkyl halides is 6. The number of hydrogen-bond donors (Lipinski definition) is 0. The summed E-state index contributed by atoms with van der Waals surface area (Å²) in [6.45, 7) is 0. The Morgan fingerprint density at radius 2 is 0.667 bits per heavy atom. The Morgan fingerprint density at radius 1 is 0.611 bits per heavy atom. The fraction of sp³-hybridized carbons (Fsp3) is 1.00. The third-order valence-electron chi connectivity index (χ3n) is 0.567. The molecule has 0 amide bonds. The Kier molecular flexibility index (Phi) is 11.8. The van der Waals surface area contributed by atoms with Gasteiger partial charge < -0.3 is 9.11 Å². The number of rotatable bonds is 0. The molecule has 0 aliphatic rings. The molecule has 0 rings (SSSR count). The van der Waals surface area contributed by atoms with Gasteiger partial charge in [-0.3, -0.25) is 0 Å². The van der Waals surface area contributed by atoms with Crippen LogP contribution in [0.25, 0.3) is 0 Å². The standard InChI is InChI=1S/2CHF3O3S.2Mn/c2*2-1(3,4)8(5,6)7;;/h2*(H,5,6,7);;/q;;2*+2/p-2. The van der Waals surface area contributed by atoms with Crippen LogP contribution >= 0.6 is 0 Å². The normalized spacial score (nSPS) is 12.4. The van der Waals surface area contributed by atoms with Gasteiger partial charge in [0.25, 0.3) is 0 Å². The van der Waals surface area contributed by atoms with Crippen LogP contribution in [0.3, 0.4) is 0 Å². The second kappa shape index (κ2) is 7.89. The molecule has 0 saturated heterocycles. The SMILES string of the molecule is O=S(=O)([O-])C(F)(F)F.O=S(=O)([O-])C(F)(F)F.[Mn+2].[Mn+2]. The van der Waals surface area contributed by atoms with E-state index in [0.29, 0.717) is 0 Å². The van der Waals surface area contributed by atoms with Crippen LogP contribution < -0.4 is 0 Å². The quantitative estimate of drug-likeness (QED) is 0.243. The molecule has 0 bridgehead atoms. The van der Waals surface area contributed by atoms with Crippen LogP contribution in [0.1, 0.15) is 0 Å². The van der Waals surface area contributed by atoms with Gasteiger partial charge in [-0.15, -0.1) is 0 Å². The van der Waals surface area contributed by atoms with Gasteiger partial charge in [0, 0.05) is 0 Å². The first kappa shape index (κ1) is 26.9. The van der Waals surface area contributed by atoms with E-state index in [2.05, 4.69) is 0 Å². The van der Waals surface area contributed by atoms with Crippen molar-refractivity contribution in [2.45, 2.75) is 11.0 Å². The second-order valence-electron chi connectivity index (χ2n) is 1.80. The van der Waals surface area contributed by atoms with Crippen LogP contribution in [0, 0.1) is 0 Å². The first-order valence-electron chi connectivity index (χ1n) is 2.54. The molecule has 0 unspecified atom stereocenters. The third kappa shape index (κ3) is 11.5. The van der Waals surface area contributed by atoms with Crippen LogP contribution in [0.2, 0.25) is 0 Å². The first-order valence-corrected chi connectivity index (χ1v) is 5.36. The number of hydrogen-bond acceptors (Lipinski definition) is 6. The van der Waals surface area contributed by atoms with E-state index in [9.17, 15) is 26.3 Å². The van der Waals surface area contributed by atoms with E-state index in [1.54, 1.807) is 0 Å². The molecule has 0 aliphatic carbocycles. The van der Waals surface area contributed by atoms with Crippen molar-refractivity contribution in [3.05, 3.63) is 0 Å². The van der Waals surface area contributed by atoms with Crippen molar-refractivity contribution in [2.75, 3.05) is 0 Å². The van der Waals surface area contributed by atoms with Crippen LogP contribution in [-0.4, -0.2) is 37.0 Å². The van der Waals surface area contributed by atoms with Gasteiger partial charge in [-0.2, -0.15) is 26.3 Å². The molecule has 0 fully saturated rings. The van der Waals surface area contributed by atoms with Gasteiger partial charge in [0.2, 0.25) is 0 Å². The molecular formula is C2F6Mn2O6S2+2. The van der Waals surface area contributed by atoms with Crippen molar-refractivity contribution in [1.29, 1.82) is 0 Å². The molecule has 0 heterocycles. The second-order valence-corrected chi connectivity index (χ2v) is 4.54. The minimum Gasteiger partial charge on any atom is -0.741 e. The van der Waals surface area contributed by atoms with Crippen LogP contribution in [0.15, 0.2) is 0 Å². The largest absolute Gasteiger partial charge is 2.00 e. The summed E-state index contributed by atoms with van der Waals surface area (Å²) in [7, 11) is -12.2. The van der Waals surface area contributed by atoms with Crippen LogP contribution in [0.5, 0.6) is 0 Å². The molecule has 0 spiro atoms. The van der Waals surface area contributed by atoms with Crippen molar-refractivity contribution in [2.24, 2.45) is 0 Å². The summed E-state index contributed by atoms with van der Waals surface area (Å²) in [5, 5.41) is 0. The fourth-order valence-corrected chi connectivity index (χ4v) is 0. The number of halogens is 6. The van der Waals surface area contributed by atoms with E-state index < -0.39 is 31.3 Å². The molecule has 110 valence electrons. The van der Waals surface area contributed by atoms with Gasteiger partial charge in [0.05, 0.1) is 0 Å². The maximum atomic E-state index is 10.7. The molecule has 6 nitrogen and oxygen atoms in total. The molecular weight excluding hydrogens is 408 g/mol. The maximum absolute atomic E-state index is 10.7. The van der Waals surface area contributed by atoms with E-state index in [0.717, 1.165) is 0 Å². The Labute approximate surface area is 118 Å². The molecule has 0 aromatic carbocycles. The Balaban J connectivity index is -0.0000000980. The summed E-state index contributed by atoms with van der Waals surface area (Å²) in [6, 6.07) is 0. The fourth-order valence-electron chi connectivity index (χ4n) is 0.